The van der Waals surface area contributed by atoms with E-state index in [9.17, 15) is 16.8 Å². The predicted octanol–water partition coefficient (Wildman–Crippen LogP) is 0.225. The molecule has 0 spiro atoms. The van der Waals surface area contributed by atoms with Gasteiger partial charge in [0.1, 0.15) is 0 Å². The second kappa shape index (κ2) is 5.31. The van der Waals surface area contributed by atoms with E-state index in [0.29, 0.717) is 0 Å². The van der Waals surface area contributed by atoms with Gasteiger partial charge in [0.25, 0.3) is 10.2 Å². The zero-order valence-electron chi connectivity index (χ0n) is 11.4. The van der Waals surface area contributed by atoms with Gasteiger partial charge in [-0.15, -0.1) is 0 Å². The average molecular weight is 310 g/mol. The Morgan fingerprint density at radius 3 is 2.00 bits per heavy atom. The maximum Gasteiger partial charge on any atom is 0.282 e. The number of rotatable bonds is 4. The van der Waals surface area contributed by atoms with Crippen molar-refractivity contribution in [3.8, 4) is 0 Å². The number of hydrogen-bond donors (Lipinski definition) is 0. The number of sulfone groups is 1. The van der Waals surface area contributed by atoms with Gasteiger partial charge in [-0.05, 0) is 12.8 Å². The van der Waals surface area contributed by atoms with Gasteiger partial charge in [0.2, 0.25) is 0 Å². The first-order valence-electron chi connectivity index (χ1n) is 6.65. The molecule has 1 aliphatic carbocycles. The Morgan fingerprint density at radius 2 is 1.53 bits per heavy atom. The van der Waals surface area contributed by atoms with Crippen LogP contribution in [0.2, 0.25) is 0 Å². The lowest BCUT2D eigenvalue weighted by atomic mass is 9.96. The predicted molar refractivity (Wildman–Crippen MR) is 73.8 cm³/mol. The lowest BCUT2D eigenvalue weighted by Gasteiger charge is -2.41. The van der Waals surface area contributed by atoms with Crippen molar-refractivity contribution in [2.24, 2.45) is 0 Å². The molecule has 1 aliphatic heterocycles. The van der Waals surface area contributed by atoms with Crippen molar-refractivity contribution in [2.75, 3.05) is 26.4 Å². The minimum atomic E-state index is -3.49. The van der Waals surface area contributed by atoms with E-state index >= 15 is 0 Å². The van der Waals surface area contributed by atoms with Gasteiger partial charge in [0.15, 0.2) is 9.84 Å². The average Bonchev–Trinajstić information content (AvgIpc) is 2.24. The van der Waals surface area contributed by atoms with E-state index in [0.717, 1.165) is 31.9 Å². The normalized spacial score (nSPS) is 24.6. The molecule has 1 heterocycles. The summed E-state index contributed by atoms with van der Waals surface area (Å²) in [7, 11) is -5.02. The third kappa shape index (κ3) is 3.12. The molecule has 2 aliphatic rings. The second-order valence-corrected chi connectivity index (χ2v) is 9.90. The van der Waals surface area contributed by atoms with Crippen LogP contribution in [-0.2, 0) is 20.0 Å². The molecule has 0 N–H and O–H groups in total. The van der Waals surface area contributed by atoms with Crippen molar-refractivity contribution < 1.29 is 16.8 Å². The van der Waals surface area contributed by atoms with Gasteiger partial charge >= 0.3 is 0 Å². The molecule has 2 rings (SSSR count). The van der Waals surface area contributed by atoms with Gasteiger partial charge in [-0.2, -0.15) is 17.0 Å². The molecule has 112 valence electrons. The Hall–Kier alpha value is -0.180. The van der Waals surface area contributed by atoms with Crippen molar-refractivity contribution >= 4 is 20.0 Å². The minimum Gasteiger partial charge on any atom is -0.229 e. The fourth-order valence-corrected chi connectivity index (χ4v) is 5.45. The summed E-state index contributed by atoms with van der Waals surface area (Å²) in [6.45, 7) is 0.191. The molecule has 6 nitrogen and oxygen atoms in total. The fourth-order valence-electron chi connectivity index (χ4n) is 2.68. The third-order valence-electron chi connectivity index (χ3n) is 4.20. The van der Waals surface area contributed by atoms with Crippen LogP contribution in [0.1, 0.15) is 32.1 Å². The van der Waals surface area contributed by atoms with Crippen LogP contribution in [0.4, 0.5) is 0 Å². The standard InChI is InChI=1S/C11H22N2O4S2/c1-12(10-6-4-3-5-7-10)19(16,17)13-8-11(9-13)18(2,14)15/h10-11H,3-9H2,1-2H3. The third-order valence-corrected chi connectivity index (χ3v) is 7.69. The number of nitrogens with zero attached hydrogens (tertiary/aromatic N) is 2. The first-order chi connectivity index (χ1) is 8.73. The zero-order valence-corrected chi connectivity index (χ0v) is 13.1. The van der Waals surface area contributed by atoms with E-state index in [1.54, 1.807) is 7.05 Å². The van der Waals surface area contributed by atoms with E-state index in [1.807, 2.05) is 0 Å². The Bertz CT molecular complexity index is 517. The van der Waals surface area contributed by atoms with Crippen LogP contribution < -0.4 is 0 Å². The van der Waals surface area contributed by atoms with Crippen molar-refractivity contribution in [1.29, 1.82) is 0 Å². The largest absolute Gasteiger partial charge is 0.282 e. The Morgan fingerprint density at radius 1 is 1.00 bits per heavy atom. The summed E-state index contributed by atoms with van der Waals surface area (Å²) in [6.07, 6.45) is 6.27. The van der Waals surface area contributed by atoms with Crippen molar-refractivity contribution in [3.63, 3.8) is 0 Å². The van der Waals surface area contributed by atoms with Gasteiger partial charge in [-0.3, -0.25) is 0 Å². The summed E-state index contributed by atoms with van der Waals surface area (Å²) < 4.78 is 50.0. The van der Waals surface area contributed by atoms with Gasteiger partial charge in [0, 0.05) is 32.4 Å². The second-order valence-electron chi connectivity index (χ2n) is 5.58. The van der Waals surface area contributed by atoms with Crippen LogP contribution >= 0.6 is 0 Å². The summed E-state index contributed by atoms with van der Waals surface area (Å²) in [4.78, 5) is 0. The number of hydrogen-bond acceptors (Lipinski definition) is 4. The zero-order chi connectivity index (χ0) is 14.3. The van der Waals surface area contributed by atoms with Crippen molar-refractivity contribution in [3.05, 3.63) is 0 Å². The van der Waals surface area contributed by atoms with E-state index in [1.165, 1.54) is 15.0 Å². The lowest BCUT2D eigenvalue weighted by molar-refractivity contribution is 0.238. The molecule has 0 radical (unpaired) electrons. The Labute approximate surface area is 115 Å². The van der Waals surface area contributed by atoms with Gasteiger partial charge in [-0.1, -0.05) is 19.3 Å². The van der Waals surface area contributed by atoms with E-state index < -0.39 is 25.3 Å². The topological polar surface area (TPSA) is 74.8 Å². The first-order valence-corrected chi connectivity index (χ1v) is 10.00. The molecular formula is C11H22N2O4S2. The van der Waals surface area contributed by atoms with E-state index in [2.05, 4.69) is 0 Å². The molecule has 0 bridgehead atoms. The van der Waals surface area contributed by atoms with Crippen LogP contribution in [0.5, 0.6) is 0 Å². The molecule has 1 saturated heterocycles. The SMILES string of the molecule is CN(C1CCCCC1)S(=O)(=O)N1CC(S(C)(=O)=O)C1. The molecule has 0 unspecified atom stereocenters. The molecule has 2 fully saturated rings. The maximum atomic E-state index is 12.3. The summed E-state index contributed by atoms with van der Waals surface area (Å²) in [5.41, 5.74) is 0. The highest BCUT2D eigenvalue weighted by Gasteiger charge is 2.44. The fraction of sp³-hybridized carbons (Fsp3) is 1.00. The Kier molecular flexibility index (Phi) is 4.25. The molecule has 0 atom stereocenters. The van der Waals surface area contributed by atoms with E-state index in [4.69, 9.17) is 0 Å². The molecule has 19 heavy (non-hydrogen) atoms. The quantitative estimate of drug-likeness (QED) is 0.745. The molecule has 0 aromatic carbocycles. The minimum absolute atomic E-state index is 0.0658. The highest BCUT2D eigenvalue weighted by molar-refractivity contribution is 7.91. The molecule has 0 aromatic heterocycles. The Balaban J connectivity index is 1.99. The van der Waals surface area contributed by atoms with Crippen LogP contribution in [0.15, 0.2) is 0 Å². The molecular weight excluding hydrogens is 288 g/mol. The smallest absolute Gasteiger partial charge is 0.229 e. The first kappa shape index (κ1) is 15.2. The van der Waals surface area contributed by atoms with Gasteiger partial charge < -0.3 is 0 Å². The van der Waals surface area contributed by atoms with Gasteiger partial charge in [-0.25, -0.2) is 8.42 Å². The summed E-state index contributed by atoms with van der Waals surface area (Å²) in [6, 6.07) is 0.0658. The van der Waals surface area contributed by atoms with Gasteiger partial charge in [0.05, 0.1) is 5.25 Å². The summed E-state index contributed by atoms with van der Waals surface area (Å²) in [5.74, 6) is 0. The molecule has 1 saturated carbocycles. The lowest BCUT2D eigenvalue weighted by Crippen LogP contribution is -2.60. The summed E-state index contributed by atoms with van der Waals surface area (Å²) in [5, 5.41) is -0.540. The highest BCUT2D eigenvalue weighted by atomic mass is 32.2. The van der Waals surface area contributed by atoms with Crippen molar-refractivity contribution in [1.82, 2.24) is 8.61 Å². The van der Waals surface area contributed by atoms with E-state index in [-0.39, 0.29) is 19.1 Å². The van der Waals surface area contributed by atoms with Crippen LogP contribution in [0, 0.1) is 0 Å². The monoisotopic (exact) mass is 310 g/mol. The highest BCUT2D eigenvalue weighted by Crippen LogP contribution is 2.27. The van der Waals surface area contributed by atoms with Crippen LogP contribution in [0.3, 0.4) is 0 Å². The van der Waals surface area contributed by atoms with Crippen molar-refractivity contribution in [2.45, 2.75) is 43.4 Å². The van der Waals surface area contributed by atoms with Crippen LogP contribution in [0.25, 0.3) is 0 Å². The molecule has 0 aromatic rings. The molecule has 0 amide bonds. The maximum absolute atomic E-state index is 12.3. The molecule has 8 heteroatoms. The van der Waals surface area contributed by atoms with Crippen LogP contribution in [-0.4, -0.2) is 63.1 Å². The summed E-state index contributed by atoms with van der Waals surface area (Å²) >= 11 is 0.